The molecule has 0 saturated carbocycles. The van der Waals surface area contributed by atoms with Gasteiger partial charge in [-0.1, -0.05) is 35.4 Å². The number of urea groups is 1. The standard InChI is InChI=1S/C23H29N5O5/c1-33-18-12-10-17(11-13-18)27-28-23(32)26-20(15-16-7-3-2-4-8-16)21(29)25-19(22(30)31)9-5-6-14-24/h2-4,7-8,10-13,19-20H,5-6,9,14-15,24H2,1H3,(H,25,29)(H,26,32)(H,30,31)/t19-,20-/m0/s1. The number of benzene rings is 2. The first kappa shape index (κ1) is 25.5. The zero-order valence-corrected chi connectivity index (χ0v) is 18.4. The fourth-order valence-corrected chi connectivity index (χ4v) is 3.01. The van der Waals surface area contributed by atoms with E-state index in [-0.39, 0.29) is 12.8 Å². The first-order chi connectivity index (χ1) is 15.9. The number of unbranched alkanes of at least 4 members (excludes halogenated alkanes) is 1. The number of rotatable bonds is 12. The van der Waals surface area contributed by atoms with Crippen LogP contribution in [0.3, 0.4) is 0 Å². The number of hydrogen-bond acceptors (Lipinski definition) is 6. The molecule has 2 atom stereocenters. The Morgan fingerprint density at radius 1 is 1.00 bits per heavy atom. The van der Waals surface area contributed by atoms with Crippen molar-refractivity contribution in [3.05, 3.63) is 60.2 Å². The van der Waals surface area contributed by atoms with Crippen LogP contribution in [0.4, 0.5) is 10.5 Å². The van der Waals surface area contributed by atoms with Crippen molar-refractivity contribution >= 4 is 23.6 Å². The molecule has 0 radical (unpaired) electrons. The van der Waals surface area contributed by atoms with Crippen molar-refractivity contribution in [1.82, 2.24) is 10.6 Å². The van der Waals surface area contributed by atoms with E-state index in [9.17, 15) is 19.5 Å². The van der Waals surface area contributed by atoms with E-state index < -0.39 is 30.0 Å². The minimum Gasteiger partial charge on any atom is -0.497 e. The van der Waals surface area contributed by atoms with Gasteiger partial charge >= 0.3 is 12.0 Å². The molecule has 5 N–H and O–H groups in total. The van der Waals surface area contributed by atoms with E-state index in [1.807, 2.05) is 18.2 Å². The highest BCUT2D eigenvalue weighted by atomic mass is 16.5. The number of carbonyl (C=O) groups is 3. The minimum absolute atomic E-state index is 0.158. The third kappa shape index (κ3) is 9.08. The van der Waals surface area contributed by atoms with Gasteiger partial charge in [-0.3, -0.25) is 4.79 Å². The number of nitrogens with zero attached hydrogens (tertiary/aromatic N) is 2. The molecule has 0 aliphatic heterocycles. The molecule has 2 rings (SSSR count). The topological polar surface area (TPSA) is 155 Å². The van der Waals surface area contributed by atoms with E-state index in [0.29, 0.717) is 30.8 Å². The fraction of sp³-hybridized carbons (Fsp3) is 0.348. The van der Waals surface area contributed by atoms with Crippen molar-refractivity contribution in [2.75, 3.05) is 13.7 Å². The molecule has 33 heavy (non-hydrogen) atoms. The SMILES string of the molecule is COc1ccc(N=NC(=O)N[C@@H](Cc2ccccc2)C(=O)N[C@@H](CCCCN)C(=O)O)cc1. The normalized spacial score (nSPS) is 12.7. The quantitative estimate of drug-likeness (QED) is 0.285. The summed E-state index contributed by atoms with van der Waals surface area (Å²) in [5.41, 5.74) is 6.68. The van der Waals surface area contributed by atoms with Crippen LogP contribution in [0.15, 0.2) is 64.8 Å². The van der Waals surface area contributed by atoms with Crippen molar-refractivity contribution < 1.29 is 24.2 Å². The Labute approximate surface area is 192 Å². The monoisotopic (exact) mass is 455 g/mol. The Hall–Kier alpha value is -3.79. The molecule has 10 heteroatoms. The Morgan fingerprint density at radius 3 is 2.30 bits per heavy atom. The van der Waals surface area contributed by atoms with Crippen LogP contribution in [0.2, 0.25) is 0 Å². The number of carbonyl (C=O) groups excluding carboxylic acids is 2. The first-order valence-electron chi connectivity index (χ1n) is 10.6. The number of methoxy groups -OCH3 is 1. The second-order valence-corrected chi connectivity index (χ2v) is 7.27. The Balaban J connectivity index is 2.09. The largest absolute Gasteiger partial charge is 0.497 e. The summed E-state index contributed by atoms with van der Waals surface area (Å²) >= 11 is 0. The molecule has 10 nitrogen and oxygen atoms in total. The molecule has 2 aromatic carbocycles. The number of azo groups is 1. The summed E-state index contributed by atoms with van der Waals surface area (Å²) in [5.74, 6) is -1.13. The Morgan fingerprint density at radius 2 is 1.70 bits per heavy atom. The van der Waals surface area contributed by atoms with Gasteiger partial charge in [-0.2, -0.15) is 0 Å². The zero-order valence-electron chi connectivity index (χ0n) is 18.4. The molecule has 0 aliphatic carbocycles. The van der Waals surface area contributed by atoms with Crippen LogP contribution < -0.4 is 21.1 Å². The van der Waals surface area contributed by atoms with Gasteiger partial charge in [0.05, 0.1) is 12.8 Å². The van der Waals surface area contributed by atoms with E-state index in [2.05, 4.69) is 20.9 Å². The highest BCUT2D eigenvalue weighted by Gasteiger charge is 2.26. The second-order valence-electron chi connectivity index (χ2n) is 7.27. The molecular weight excluding hydrogens is 426 g/mol. The third-order valence-corrected chi connectivity index (χ3v) is 4.79. The number of hydrogen-bond donors (Lipinski definition) is 4. The lowest BCUT2D eigenvalue weighted by molar-refractivity contribution is -0.142. The second kappa shape index (κ2) is 13.6. The van der Waals surface area contributed by atoms with Gasteiger partial charge in [-0.05, 0) is 55.6 Å². The summed E-state index contributed by atoms with van der Waals surface area (Å²) in [5, 5.41) is 21.9. The molecular formula is C23H29N5O5. The van der Waals surface area contributed by atoms with Crippen LogP contribution in [0.25, 0.3) is 0 Å². The third-order valence-electron chi connectivity index (χ3n) is 4.79. The molecule has 0 heterocycles. The molecule has 2 aromatic rings. The molecule has 0 saturated heterocycles. The summed E-state index contributed by atoms with van der Waals surface area (Å²) in [4.78, 5) is 36.8. The van der Waals surface area contributed by atoms with Crippen molar-refractivity contribution in [2.24, 2.45) is 16.0 Å². The van der Waals surface area contributed by atoms with Crippen LogP contribution in [-0.4, -0.2) is 48.8 Å². The number of aliphatic carboxylic acids is 1. The number of nitrogens with one attached hydrogen (secondary N) is 2. The van der Waals surface area contributed by atoms with Crippen molar-refractivity contribution in [3.63, 3.8) is 0 Å². The smallest absolute Gasteiger partial charge is 0.360 e. The summed E-state index contributed by atoms with van der Waals surface area (Å²) in [6, 6.07) is 12.7. The van der Waals surface area contributed by atoms with Gasteiger partial charge in [0.2, 0.25) is 5.91 Å². The average molecular weight is 456 g/mol. The molecule has 176 valence electrons. The highest BCUT2D eigenvalue weighted by molar-refractivity contribution is 5.90. The predicted octanol–water partition coefficient (Wildman–Crippen LogP) is 2.80. The van der Waals surface area contributed by atoms with Gasteiger partial charge in [-0.15, -0.1) is 5.11 Å². The number of ether oxygens (including phenoxy) is 1. The summed E-state index contributed by atoms with van der Waals surface area (Å²) in [6.07, 6.45) is 1.60. The molecule has 0 bridgehead atoms. The lowest BCUT2D eigenvalue weighted by atomic mass is 10.0. The molecule has 0 aromatic heterocycles. The molecule has 0 spiro atoms. The fourth-order valence-electron chi connectivity index (χ4n) is 3.01. The van der Waals surface area contributed by atoms with Crippen LogP contribution in [0, 0.1) is 0 Å². The Kier molecular flexibility index (Phi) is 10.5. The maximum absolute atomic E-state index is 12.9. The van der Waals surface area contributed by atoms with Gasteiger partial charge in [0, 0.05) is 6.42 Å². The van der Waals surface area contributed by atoms with Crippen molar-refractivity contribution in [2.45, 2.75) is 37.8 Å². The van der Waals surface area contributed by atoms with E-state index in [0.717, 1.165) is 5.56 Å². The van der Waals surface area contributed by atoms with Crippen LogP contribution >= 0.6 is 0 Å². The van der Waals surface area contributed by atoms with E-state index in [1.54, 1.807) is 36.4 Å². The highest BCUT2D eigenvalue weighted by Crippen LogP contribution is 2.18. The summed E-state index contributed by atoms with van der Waals surface area (Å²) in [7, 11) is 1.54. The van der Waals surface area contributed by atoms with E-state index in [4.69, 9.17) is 10.5 Å². The lowest BCUT2D eigenvalue weighted by Crippen LogP contribution is -2.52. The molecule has 0 unspecified atom stereocenters. The number of carboxylic acid groups (broad SMARTS) is 1. The maximum Gasteiger partial charge on any atom is 0.360 e. The van der Waals surface area contributed by atoms with Gasteiger partial charge < -0.3 is 26.2 Å². The van der Waals surface area contributed by atoms with Crippen LogP contribution in [0.5, 0.6) is 5.75 Å². The minimum atomic E-state index is -1.15. The lowest BCUT2D eigenvalue weighted by Gasteiger charge is -2.20. The first-order valence-corrected chi connectivity index (χ1v) is 10.6. The van der Waals surface area contributed by atoms with Crippen LogP contribution in [-0.2, 0) is 16.0 Å². The van der Waals surface area contributed by atoms with Gasteiger partial charge in [0.15, 0.2) is 0 Å². The number of carboxylic acids is 1. The van der Waals surface area contributed by atoms with Crippen LogP contribution in [0.1, 0.15) is 24.8 Å². The molecule has 0 aliphatic rings. The van der Waals surface area contributed by atoms with Gasteiger partial charge in [0.1, 0.15) is 17.8 Å². The maximum atomic E-state index is 12.9. The van der Waals surface area contributed by atoms with Gasteiger partial charge in [0.25, 0.3) is 0 Å². The van der Waals surface area contributed by atoms with Gasteiger partial charge in [-0.25, -0.2) is 9.59 Å². The molecule has 0 fully saturated rings. The van der Waals surface area contributed by atoms with E-state index >= 15 is 0 Å². The average Bonchev–Trinajstić information content (AvgIpc) is 2.82. The molecule has 3 amide bonds. The Bertz CT molecular complexity index is 934. The van der Waals surface area contributed by atoms with E-state index in [1.165, 1.54) is 7.11 Å². The predicted molar refractivity (Wildman–Crippen MR) is 122 cm³/mol. The number of amides is 3. The summed E-state index contributed by atoms with van der Waals surface area (Å²) < 4.78 is 5.07. The van der Waals surface area contributed by atoms with Crippen molar-refractivity contribution in [3.8, 4) is 5.75 Å². The zero-order chi connectivity index (χ0) is 24.1. The van der Waals surface area contributed by atoms with Crippen molar-refractivity contribution in [1.29, 1.82) is 0 Å². The number of nitrogens with two attached hydrogens (primary N) is 1. The summed E-state index contributed by atoms with van der Waals surface area (Å²) in [6.45, 7) is 0.437.